The van der Waals surface area contributed by atoms with Crippen LogP contribution in [0.4, 0.5) is 4.39 Å². The number of pyridine rings is 1. The first-order valence-electron chi connectivity index (χ1n) is 6.79. The summed E-state index contributed by atoms with van der Waals surface area (Å²) in [6, 6.07) is 1.14. The van der Waals surface area contributed by atoms with Gasteiger partial charge in [-0.3, -0.25) is 0 Å². The molecule has 1 atom stereocenters. The van der Waals surface area contributed by atoms with E-state index in [2.05, 4.69) is 4.98 Å². The van der Waals surface area contributed by atoms with E-state index in [1.165, 1.54) is 17.1 Å². The second-order valence-corrected chi connectivity index (χ2v) is 7.89. The maximum absolute atomic E-state index is 13.1. The van der Waals surface area contributed by atoms with Gasteiger partial charge in [-0.25, -0.2) is 13.4 Å². The molecule has 1 unspecified atom stereocenters. The molecule has 1 aromatic rings. The predicted molar refractivity (Wildman–Crippen MR) is 73.4 cm³/mol. The number of halogens is 2. The summed E-state index contributed by atoms with van der Waals surface area (Å²) in [6.45, 7) is 1.07. The second kappa shape index (κ2) is 5.24. The Hall–Kier alpha value is -0.720. The van der Waals surface area contributed by atoms with Gasteiger partial charge in [0.15, 0.2) is 0 Å². The van der Waals surface area contributed by atoms with Gasteiger partial charge in [-0.15, -0.1) is 0 Å². The Bertz CT molecular complexity index is 619. The van der Waals surface area contributed by atoms with Crippen LogP contribution in [-0.2, 0) is 10.0 Å². The van der Waals surface area contributed by atoms with Gasteiger partial charge in [0.25, 0.3) is 0 Å². The van der Waals surface area contributed by atoms with Crippen LogP contribution in [-0.4, -0.2) is 30.8 Å². The first-order valence-corrected chi connectivity index (χ1v) is 8.61. The lowest BCUT2D eigenvalue weighted by atomic mass is 9.95. The van der Waals surface area contributed by atoms with E-state index in [0.717, 1.165) is 25.1 Å². The van der Waals surface area contributed by atoms with Gasteiger partial charge in [-0.1, -0.05) is 11.6 Å². The van der Waals surface area contributed by atoms with Crippen LogP contribution in [0, 0.1) is 17.8 Å². The molecule has 3 rings (SSSR count). The van der Waals surface area contributed by atoms with Crippen molar-refractivity contribution in [2.75, 3.05) is 13.1 Å². The minimum Gasteiger partial charge on any atom is -0.226 e. The van der Waals surface area contributed by atoms with Gasteiger partial charge in [0.1, 0.15) is 4.90 Å². The van der Waals surface area contributed by atoms with Crippen LogP contribution in [0.2, 0.25) is 5.02 Å². The molecule has 1 saturated heterocycles. The Morgan fingerprint density at radius 1 is 1.30 bits per heavy atom. The third-order valence-electron chi connectivity index (χ3n) is 4.12. The summed E-state index contributed by atoms with van der Waals surface area (Å²) >= 11 is 5.63. The molecular weight excluding hydrogens is 303 g/mol. The zero-order valence-corrected chi connectivity index (χ0v) is 12.5. The lowest BCUT2D eigenvalue weighted by Crippen LogP contribution is -2.40. The van der Waals surface area contributed by atoms with Gasteiger partial charge < -0.3 is 0 Å². The Kier molecular flexibility index (Phi) is 3.73. The third-order valence-corrected chi connectivity index (χ3v) is 6.21. The van der Waals surface area contributed by atoms with Crippen LogP contribution in [0.5, 0.6) is 0 Å². The van der Waals surface area contributed by atoms with Crippen molar-refractivity contribution >= 4 is 21.6 Å². The standard InChI is InChI=1S/C13H16ClFN2O2S/c14-12-6-11(7-16-13(12)15)20(18,19)17-5-1-2-10(8-17)9-3-4-9/h6-7,9-10H,1-5,8H2. The maximum atomic E-state index is 13.1. The lowest BCUT2D eigenvalue weighted by molar-refractivity contribution is 0.245. The number of piperidine rings is 1. The smallest absolute Gasteiger partial charge is 0.226 e. The van der Waals surface area contributed by atoms with Crippen LogP contribution < -0.4 is 0 Å². The summed E-state index contributed by atoms with van der Waals surface area (Å²) < 4.78 is 39.6. The normalized spacial score (nSPS) is 24.8. The molecular formula is C13H16ClFN2O2S. The van der Waals surface area contributed by atoms with E-state index < -0.39 is 16.0 Å². The van der Waals surface area contributed by atoms with E-state index in [1.54, 1.807) is 0 Å². The maximum Gasteiger partial charge on any atom is 0.244 e. The number of nitrogens with zero attached hydrogens (tertiary/aromatic N) is 2. The molecule has 2 fully saturated rings. The molecule has 1 aliphatic heterocycles. The fraction of sp³-hybridized carbons (Fsp3) is 0.615. The van der Waals surface area contributed by atoms with Gasteiger partial charge in [0.05, 0.1) is 11.2 Å². The van der Waals surface area contributed by atoms with Crippen LogP contribution >= 0.6 is 11.6 Å². The Labute approximate surface area is 123 Å². The molecule has 0 aromatic carbocycles. The molecule has 1 aliphatic carbocycles. The van der Waals surface area contributed by atoms with Crippen molar-refractivity contribution in [2.24, 2.45) is 11.8 Å². The monoisotopic (exact) mass is 318 g/mol. The number of aromatic nitrogens is 1. The highest BCUT2D eigenvalue weighted by Gasteiger charge is 2.38. The summed E-state index contributed by atoms with van der Waals surface area (Å²) in [5, 5.41) is -0.262. The fourth-order valence-corrected chi connectivity index (χ4v) is 4.58. The van der Waals surface area contributed by atoms with Crippen molar-refractivity contribution in [1.82, 2.24) is 9.29 Å². The minimum atomic E-state index is -3.62. The van der Waals surface area contributed by atoms with Gasteiger partial charge in [0.2, 0.25) is 16.0 Å². The second-order valence-electron chi connectivity index (χ2n) is 5.55. The van der Waals surface area contributed by atoms with Crippen molar-refractivity contribution in [3.8, 4) is 0 Å². The van der Waals surface area contributed by atoms with Crippen LogP contribution in [0.3, 0.4) is 0 Å². The van der Waals surface area contributed by atoms with Crippen molar-refractivity contribution < 1.29 is 12.8 Å². The topological polar surface area (TPSA) is 50.3 Å². The van der Waals surface area contributed by atoms with E-state index in [1.807, 2.05) is 0 Å². The molecule has 1 saturated carbocycles. The highest BCUT2D eigenvalue weighted by Crippen LogP contribution is 2.41. The molecule has 2 aliphatic rings. The molecule has 0 amide bonds. The van der Waals surface area contributed by atoms with Crippen molar-refractivity contribution in [2.45, 2.75) is 30.6 Å². The minimum absolute atomic E-state index is 0.0275. The Morgan fingerprint density at radius 2 is 2.05 bits per heavy atom. The van der Waals surface area contributed by atoms with Gasteiger partial charge >= 0.3 is 0 Å². The molecule has 1 aromatic heterocycles. The molecule has 110 valence electrons. The number of sulfonamides is 1. The van der Waals surface area contributed by atoms with Crippen molar-refractivity contribution in [3.63, 3.8) is 0 Å². The summed E-state index contributed by atoms with van der Waals surface area (Å²) in [7, 11) is -3.62. The fourth-order valence-electron chi connectivity index (χ4n) is 2.84. The van der Waals surface area contributed by atoms with Crippen molar-refractivity contribution in [3.05, 3.63) is 23.2 Å². The van der Waals surface area contributed by atoms with E-state index in [9.17, 15) is 12.8 Å². The summed E-state index contributed by atoms with van der Waals surface area (Å²) in [4.78, 5) is 3.37. The SMILES string of the molecule is O=S(=O)(c1cnc(F)c(Cl)c1)N1CCCC(C2CC2)C1. The summed E-state index contributed by atoms with van der Waals surface area (Å²) in [5.74, 6) is 0.297. The Morgan fingerprint density at radius 3 is 2.70 bits per heavy atom. The first-order chi connectivity index (χ1) is 9.48. The van der Waals surface area contributed by atoms with E-state index in [-0.39, 0.29) is 9.92 Å². The van der Waals surface area contributed by atoms with E-state index in [0.29, 0.717) is 24.9 Å². The predicted octanol–water partition coefficient (Wildman–Crippen LogP) is 2.68. The molecule has 7 heteroatoms. The van der Waals surface area contributed by atoms with Gasteiger partial charge in [0, 0.05) is 13.1 Å². The summed E-state index contributed by atoms with van der Waals surface area (Å²) in [5.41, 5.74) is 0. The number of hydrogen-bond acceptors (Lipinski definition) is 3. The highest BCUT2D eigenvalue weighted by molar-refractivity contribution is 7.89. The molecule has 0 spiro atoms. The molecule has 0 N–H and O–H groups in total. The highest BCUT2D eigenvalue weighted by atomic mass is 35.5. The largest absolute Gasteiger partial charge is 0.244 e. The third kappa shape index (κ3) is 2.69. The average Bonchev–Trinajstić information content (AvgIpc) is 3.26. The van der Waals surface area contributed by atoms with Gasteiger partial charge in [-0.05, 0) is 43.6 Å². The summed E-state index contributed by atoms with van der Waals surface area (Å²) in [6.07, 6.45) is 5.43. The average molecular weight is 319 g/mol. The molecule has 0 bridgehead atoms. The molecule has 4 nitrogen and oxygen atoms in total. The van der Waals surface area contributed by atoms with Crippen LogP contribution in [0.25, 0.3) is 0 Å². The molecule has 2 heterocycles. The van der Waals surface area contributed by atoms with E-state index in [4.69, 9.17) is 11.6 Å². The molecule has 0 radical (unpaired) electrons. The number of rotatable bonds is 3. The van der Waals surface area contributed by atoms with Crippen molar-refractivity contribution in [1.29, 1.82) is 0 Å². The van der Waals surface area contributed by atoms with Crippen LogP contribution in [0.1, 0.15) is 25.7 Å². The zero-order chi connectivity index (χ0) is 14.3. The lowest BCUT2D eigenvalue weighted by Gasteiger charge is -2.32. The van der Waals surface area contributed by atoms with Crippen LogP contribution in [0.15, 0.2) is 17.2 Å². The molecule has 20 heavy (non-hydrogen) atoms. The first kappa shape index (κ1) is 14.2. The van der Waals surface area contributed by atoms with E-state index >= 15 is 0 Å². The quantitative estimate of drug-likeness (QED) is 0.805. The number of hydrogen-bond donors (Lipinski definition) is 0. The van der Waals surface area contributed by atoms with Gasteiger partial charge in [-0.2, -0.15) is 8.70 Å². The Balaban J connectivity index is 1.84. The zero-order valence-electron chi connectivity index (χ0n) is 10.9.